The van der Waals surface area contributed by atoms with Crippen molar-refractivity contribution >= 4 is 5.96 Å². The van der Waals surface area contributed by atoms with Gasteiger partial charge in [0.1, 0.15) is 0 Å². The predicted molar refractivity (Wildman–Crippen MR) is 101 cm³/mol. The van der Waals surface area contributed by atoms with E-state index in [0.29, 0.717) is 5.92 Å². The van der Waals surface area contributed by atoms with Gasteiger partial charge in [-0.3, -0.25) is 10.3 Å². The molecule has 0 amide bonds. The van der Waals surface area contributed by atoms with Crippen LogP contribution in [0.2, 0.25) is 0 Å². The van der Waals surface area contributed by atoms with E-state index in [1.807, 2.05) is 23.1 Å². The Morgan fingerprint density at radius 3 is 2.32 bits per heavy atom. The van der Waals surface area contributed by atoms with Crippen molar-refractivity contribution in [1.82, 2.24) is 9.80 Å². The zero-order valence-electron chi connectivity index (χ0n) is 15.2. The van der Waals surface area contributed by atoms with Gasteiger partial charge in [-0.05, 0) is 30.7 Å². The topological polar surface area (TPSA) is 76.6 Å². The fourth-order valence-corrected chi connectivity index (χ4v) is 4.43. The molecule has 2 aliphatic rings. The monoisotopic (exact) mass is 344 g/mol. The van der Waals surface area contributed by atoms with Crippen LogP contribution in [0.1, 0.15) is 44.1 Å². The van der Waals surface area contributed by atoms with Crippen LogP contribution in [0.25, 0.3) is 0 Å². The fraction of sp³-hybridized carbons (Fsp3) is 0.650. The van der Waals surface area contributed by atoms with Crippen LogP contribution in [0.3, 0.4) is 0 Å². The van der Waals surface area contributed by atoms with Crippen molar-refractivity contribution in [3.63, 3.8) is 0 Å². The molecule has 25 heavy (non-hydrogen) atoms. The molecule has 0 aromatic heterocycles. The average molecular weight is 345 g/mol. The van der Waals surface area contributed by atoms with Gasteiger partial charge in [-0.25, -0.2) is 0 Å². The van der Waals surface area contributed by atoms with Gasteiger partial charge in [0, 0.05) is 32.7 Å². The maximum atomic E-state index is 11.7. The Morgan fingerprint density at radius 1 is 1.08 bits per heavy atom. The normalized spacial score (nSPS) is 22.5. The Balaban J connectivity index is 1.65. The summed E-state index contributed by atoms with van der Waals surface area (Å²) < 4.78 is 0. The van der Waals surface area contributed by atoms with Gasteiger partial charge in [0.25, 0.3) is 0 Å². The first-order valence-corrected chi connectivity index (χ1v) is 9.69. The molecular weight excluding hydrogens is 312 g/mol. The second-order valence-corrected chi connectivity index (χ2v) is 7.59. The van der Waals surface area contributed by atoms with Crippen LogP contribution >= 0.6 is 0 Å². The molecule has 1 saturated carbocycles. The number of aliphatic hydroxyl groups is 1. The Morgan fingerprint density at radius 2 is 1.72 bits per heavy atom. The van der Waals surface area contributed by atoms with Crippen molar-refractivity contribution in [1.29, 1.82) is 5.41 Å². The van der Waals surface area contributed by atoms with Gasteiger partial charge >= 0.3 is 0 Å². The summed E-state index contributed by atoms with van der Waals surface area (Å²) in [4.78, 5) is 4.32. The lowest BCUT2D eigenvalue weighted by atomic mass is 9.71. The second kappa shape index (κ2) is 8.19. The number of nitrogens with one attached hydrogen (secondary N) is 1. The van der Waals surface area contributed by atoms with Crippen LogP contribution in [-0.2, 0) is 5.60 Å². The summed E-state index contributed by atoms with van der Waals surface area (Å²) in [6.07, 6.45) is 6.80. The number of nitrogens with zero attached hydrogens (tertiary/aromatic N) is 2. The summed E-state index contributed by atoms with van der Waals surface area (Å²) in [6.45, 7) is 4.34. The summed E-state index contributed by atoms with van der Waals surface area (Å²) in [5.41, 5.74) is 5.93. The van der Waals surface area contributed by atoms with Crippen molar-refractivity contribution in [3.8, 4) is 0 Å². The van der Waals surface area contributed by atoms with Crippen LogP contribution in [0.4, 0.5) is 0 Å². The number of hydrogen-bond acceptors (Lipinski definition) is 3. The number of nitrogens with two attached hydrogens (primary N) is 1. The highest BCUT2D eigenvalue weighted by Gasteiger charge is 2.39. The van der Waals surface area contributed by atoms with Gasteiger partial charge in [0.15, 0.2) is 5.96 Å². The lowest BCUT2D eigenvalue weighted by Gasteiger charge is -2.41. The SMILES string of the molecule is N=C(N)N1CCN(CCC(O)(c2ccccc2)C2CCCCC2)CC1. The summed E-state index contributed by atoms with van der Waals surface area (Å²) in [5, 5.41) is 19.2. The highest BCUT2D eigenvalue weighted by atomic mass is 16.3. The van der Waals surface area contributed by atoms with E-state index in [0.717, 1.165) is 57.5 Å². The van der Waals surface area contributed by atoms with E-state index in [1.54, 1.807) is 0 Å². The van der Waals surface area contributed by atoms with Gasteiger partial charge in [-0.2, -0.15) is 0 Å². The van der Waals surface area contributed by atoms with Crippen LogP contribution in [0.15, 0.2) is 30.3 Å². The molecule has 1 aromatic rings. The Bertz CT molecular complexity index is 550. The van der Waals surface area contributed by atoms with Crippen molar-refractivity contribution < 1.29 is 5.11 Å². The fourth-order valence-electron chi connectivity index (χ4n) is 4.43. The molecule has 1 aromatic carbocycles. The first-order valence-electron chi connectivity index (χ1n) is 9.69. The molecule has 5 heteroatoms. The molecule has 2 fully saturated rings. The van der Waals surface area contributed by atoms with E-state index < -0.39 is 5.60 Å². The van der Waals surface area contributed by atoms with E-state index in [1.165, 1.54) is 19.3 Å². The van der Waals surface area contributed by atoms with E-state index in [-0.39, 0.29) is 5.96 Å². The van der Waals surface area contributed by atoms with E-state index in [9.17, 15) is 5.11 Å². The van der Waals surface area contributed by atoms with Crippen molar-refractivity contribution in [3.05, 3.63) is 35.9 Å². The molecular formula is C20H32N4O. The highest BCUT2D eigenvalue weighted by Crippen LogP contribution is 2.41. The van der Waals surface area contributed by atoms with Gasteiger partial charge in [-0.15, -0.1) is 0 Å². The zero-order valence-corrected chi connectivity index (χ0v) is 15.2. The van der Waals surface area contributed by atoms with Crippen LogP contribution in [0.5, 0.6) is 0 Å². The first-order chi connectivity index (χ1) is 12.1. The third-order valence-corrected chi connectivity index (χ3v) is 6.08. The molecule has 0 bridgehead atoms. The molecule has 1 heterocycles. The maximum absolute atomic E-state index is 11.7. The Labute approximate surface area is 151 Å². The lowest BCUT2D eigenvalue weighted by molar-refractivity contribution is -0.0534. The molecule has 3 rings (SSSR count). The van der Waals surface area contributed by atoms with Crippen LogP contribution < -0.4 is 5.73 Å². The largest absolute Gasteiger partial charge is 0.385 e. The minimum atomic E-state index is -0.723. The van der Waals surface area contributed by atoms with Gasteiger partial charge in [0.2, 0.25) is 0 Å². The minimum Gasteiger partial charge on any atom is -0.385 e. The highest BCUT2D eigenvalue weighted by molar-refractivity contribution is 5.74. The second-order valence-electron chi connectivity index (χ2n) is 7.59. The molecule has 1 aliphatic heterocycles. The minimum absolute atomic E-state index is 0.169. The molecule has 5 nitrogen and oxygen atoms in total. The van der Waals surface area contributed by atoms with Gasteiger partial charge in [0.05, 0.1) is 5.60 Å². The van der Waals surface area contributed by atoms with Crippen molar-refractivity contribution in [2.24, 2.45) is 11.7 Å². The molecule has 0 radical (unpaired) electrons. The number of hydrogen-bond donors (Lipinski definition) is 3. The van der Waals surface area contributed by atoms with Gasteiger partial charge < -0.3 is 15.7 Å². The molecule has 1 unspecified atom stereocenters. The third kappa shape index (κ3) is 4.33. The number of rotatable bonds is 5. The quantitative estimate of drug-likeness (QED) is 0.566. The van der Waals surface area contributed by atoms with Gasteiger partial charge in [-0.1, -0.05) is 49.6 Å². The smallest absolute Gasteiger partial charge is 0.188 e. The summed E-state index contributed by atoms with van der Waals surface area (Å²) >= 11 is 0. The summed E-state index contributed by atoms with van der Waals surface area (Å²) in [7, 11) is 0. The number of benzene rings is 1. The average Bonchev–Trinajstić information content (AvgIpc) is 2.68. The molecule has 138 valence electrons. The molecule has 4 N–H and O–H groups in total. The van der Waals surface area contributed by atoms with E-state index in [4.69, 9.17) is 11.1 Å². The predicted octanol–water partition coefficient (Wildman–Crippen LogP) is 2.36. The van der Waals surface area contributed by atoms with Crippen molar-refractivity contribution in [2.75, 3.05) is 32.7 Å². The lowest BCUT2D eigenvalue weighted by Crippen LogP contribution is -2.51. The Kier molecular flexibility index (Phi) is 5.97. The molecule has 1 saturated heterocycles. The zero-order chi connectivity index (χ0) is 17.7. The van der Waals surface area contributed by atoms with Crippen LogP contribution in [0, 0.1) is 11.3 Å². The summed E-state index contributed by atoms with van der Waals surface area (Å²) in [6, 6.07) is 10.3. The van der Waals surface area contributed by atoms with E-state index >= 15 is 0 Å². The molecule has 1 aliphatic carbocycles. The van der Waals surface area contributed by atoms with Crippen molar-refractivity contribution in [2.45, 2.75) is 44.1 Å². The third-order valence-electron chi connectivity index (χ3n) is 6.08. The number of guanidine groups is 1. The van der Waals surface area contributed by atoms with Crippen LogP contribution in [-0.4, -0.2) is 53.6 Å². The summed E-state index contributed by atoms with van der Waals surface area (Å²) in [5.74, 6) is 0.532. The maximum Gasteiger partial charge on any atom is 0.188 e. The first kappa shape index (κ1) is 18.2. The number of piperazine rings is 1. The molecule has 1 atom stereocenters. The van der Waals surface area contributed by atoms with E-state index in [2.05, 4.69) is 17.0 Å². The molecule has 0 spiro atoms. The Hall–Kier alpha value is -1.59. The standard InChI is InChI=1S/C20H32N4O/c21-19(22)24-15-13-23(14-16-24)12-11-20(25,17-7-3-1-4-8-17)18-9-5-2-6-10-18/h1,3-4,7-8,18,25H,2,5-6,9-16H2,(H3,21,22).